The molecule has 0 amide bonds. The van der Waals surface area contributed by atoms with Crippen LogP contribution in [0.2, 0.25) is 5.02 Å². The van der Waals surface area contributed by atoms with Crippen molar-refractivity contribution in [1.29, 1.82) is 0 Å². The highest BCUT2D eigenvalue weighted by Gasteiger charge is 2.14. The Morgan fingerprint density at radius 2 is 2.00 bits per heavy atom. The lowest BCUT2D eigenvalue weighted by molar-refractivity contribution is 0.590. The minimum atomic E-state index is -0.238. The van der Waals surface area contributed by atoms with Gasteiger partial charge in [-0.15, -0.1) is 0 Å². The number of nitrogens with two attached hydrogens (primary N) is 1. The number of hydrogen-bond donors (Lipinski definition) is 1. The lowest BCUT2D eigenvalue weighted by Crippen LogP contribution is -2.15. The molecule has 1 nitrogen and oxygen atoms in total. The second-order valence-corrected chi connectivity index (χ2v) is 5.78. The van der Waals surface area contributed by atoms with Crippen LogP contribution in [0, 0.1) is 5.82 Å². The topological polar surface area (TPSA) is 26.0 Å². The molecule has 0 radical (unpaired) electrons. The van der Waals surface area contributed by atoms with E-state index in [1.165, 1.54) is 6.07 Å². The maximum Gasteiger partial charge on any atom is 0.126 e. The molecule has 19 heavy (non-hydrogen) atoms. The van der Waals surface area contributed by atoms with Crippen molar-refractivity contribution < 1.29 is 4.39 Å². The Morgan fingerprint density at radius 3 is 2.68 bits per heavy atom. The van der Waals surface area contributed by atoms with Gasteiger partial charge in [-0.2, -0.15) is 0 Å². The third-order valence-electron chi connectivity index (χ3n) is 3.08. The van der Waals surface area contributed by atoms with Crippen LogP contribution in [0.1, 0.15) is 17.0 Å². The van der Waals surface area contributed by atoms with Crippen LogP contribution < -0.4 is 5.73 Å². The van der Waals surface area contributed by atoms with Gasteiger partial charge in [0, 0.05) is 15.4 Å². The van der Waals surface area contributed by atoms with E-state index < -0.39 is 0 Å². The molecule has 1 atom stereocenters. The molecule has 0 aliphatic rings. The fourth-order valence-corrected chi connectivity index (χ4v) is 2.67. The van der Waals surface area contributed by atoms with Gasteiger partial charge in [0.05, 0.1) is 0 Å². The van der Waals surface area contributed by atoms with E-state index in [2.05, 4.69) is 15.9 Å². The van der Waals surface area contributed by atoms with Crippen LogP contribution >= 0.6 is 27.5 Å². The zero-order valence-electron chi connectivity index (χ0n) is 10.2. The molecule has 0 spiro atoms. The first-order valence-corrected chi connectivity index (χ1v) is 7.16. The smallest absolute Gasteiger partial charge is 0.126 e. The molecule has 1 unspecified atom stereocenters. The van der Waals surface area contributed by atoms with Gasteiger partial charge in [0.25, 0.3) is 0 Å². The summed E-state index contributed by atoms with van der Waals surface area (Å²) in [5.74, 6) is -0.164. The average Bonchev–Trinajstić information content (AvgIpc) is 2.39. The predicted octanol–water partition coefficient (Wildman–Crippen LogP) is 4.53. The van der Waals surface area contributed by atoms with Crippen LogP contribution in [0.4, 0.5) is 4.39 Å². The second kappa shape index (κ2) is 6.51. The van der Waals surface area contributed by atoms with Gasteiger partial charge in [0.2, 0.25) is 0 Å². The van der Waals surface area contributed by atoms with Gasteiger partial charge in [0.15, 0.2) is 0 Å². The molecule has 0 heterocycles. The normalized spacial score (nSPS) is 12.4. The van der Waals surface area contributed by atoms with Crippen molar-refractivity contribution in [2.24, 2.45) is 5.73 Å². The Balaban J connectivity index is 2.26. The van der Waals surface area contributed by atoms with Crippen molar-refractivity contribution in [2.45, 2.75) is 12.3 Å². The fraction of sp³-hybridized carbons (Fsp3) is 0.200. The summed E-state index contributed by atoms with van der Waals surface area (Å²) in [5.41, 5.74) is 7.51. The monoisotopic (exact) mass is 341 g/mol. The molecule has 0 saturated carbocycles. The van der Waals surface area contributed by atoms with E-state index >= 15 is 0 Å². The molecule has 0 aliphatic carbocycles. The Hall–Kier alpha value is -0.900. The molecule has 0 bridgehead atoms. The standard InChI is InChI=1S/C15H14BrClFN/c16-13-3-1-2-10(7-13)12(9-19)6-11-8-14(17)4-5-15(11)18/h1-5,7-8,12H,6,9,19H2. The zero-order valence-corrected chi connectivity index (χ0v) is 12.6. The van der Waals surface area contributed by atoms with Gasteiger partial charge in [-0.3, -0.25) is 0 Å². The number of halogens is 3. The predicted molar refractivity (Wildman–Crippen MR) is 81.1 cm³/mol. The molecule has 0 saturated heterocycles. The molecule has 0 aliphatic heterocycles. The van der Waals surface area contributed by atoms with Crippen molar-refractivity contribution in [3.05, 3.63) is 68.9 Å². The molecule has 2 aromatic rings. The summed E-state index contributed by atoms with van der Waals surface area (Å²) in [6.45, 7) is 0.461. The van der Waals surface area contributed by atoms with Crippen molar-refractivity contribution in [2.75, 3.05) is 6.54 Å². The molecule has 0 aromatic heterocycles. The Morgan fingerprint density at radius 1 is 1.21 bits per heavy atom. The highest BCUT2D eigenvalue weighted by molar-refractivity contribution is 9.10. The lowest BCUT2D eigenvalue weighted by atomic mass is 9.92. The fourth-order valence-electron chi connectivity index (χ4n) is 2.06. The summed E-state index contributed by atoms with van der Waals surface area (Å²) in [6, 6.07) is 12.5. The number of benzene rings is 2. The lowest BCUT2D eigenvalue weighted by Gasteiger charge is -2.16. The summed E-state index contributed by atoms with van der Waals surface area (Å²) in [7, 11) is 0. The summed E-state index contributed by atoms with van der Waals surface area (Å²) < 4.78 is 14.7. The van der Waals surface area contributed by atoms with E-state index in [4.69, 9.17) is 17.3 Å². The molecular weight excluding hydrogens is 329 g/mol. The van der Waals surface area contributed by atoms with Crippen molar-refractivity contribution in [3.63, 3.8) is 0 Å². The average molecular weight is 343 g/mol. The molecule has 2 rings (SSSR count). The first kappa shape index (κ1) is 14.5. The van der Waals surface area contributed by atoms with E-state index in [1.54, 1.807) is 12.1 Å². The largest absolute Gasteiger partial charge is 0.330 e. The molecule has 4 heteroatoms. The van der Waals surface area contributed by atoms with Crippen LogP contribution in [0.25, 0.3) is 0 Å². The summed E-state index contributed by atoms with van der Waals surface area (Å²) in [4.78, 5) is 0. The Kier molecular flexibility index (Phi) is 4.97. The van der Waals surface area contributed by atoms with Crippen LogP contribution in [-0.2, 0) is 6.42 Å². The van der Waals surface area contributed by atoms with Crippen LogP contribution in [0.5, 0.6) is 0 Å². The van der Waals surface area contributed by atoms with Crippen molar-refractivity contribution in [3.8, 4) is 0 Å². The van der Waals surface area contributed by atoms with E-state index in [9.17, 15) is 4.39 Å². The minimum Gasteiger partial charge on any atom is -0.330 e. The Bertz CT molecular complexity index is 574. The van der Waals surface area contributed by atoms with Crippen LogP contribution in [0.3, 0.4) is 0 Å². The summed E-state index contributed by atoms with van der Waals surface area (Å²) in [6.07, 6.45) is 0.541. The van der Waals surface area contributed by atoms with Gasteiger partial charge >= 0.3 is 0 Å². The maximum atomic E-state index is 13.8. The molecule has 100 valence electrons. The second-order valence-electron chi connectivity index (χ2n) is 4.43. The molecule has 2 aromatic carbocycles. The summed E-state index contributed by atoms with van der Waals surface area (Å²) in [5, 5.41) is 0.543. The molecule has 2 N–H and O–H groups in total. The van der Waals surface area contributed by atoms with E-state index in [0.29, 0.717) is 23.6 Å². The molecule has 0 fully saturated rings. The van der Waals surface area contributed by atoms with Crippen molar-refractivity contribution in [1.82, 2.24) is 0 Å². The molecular formula is C15H14BrClFN. The van der Waals surface area contributed by atoms with Gasteiger partial charge in [0.1, 0.15) is 5.82 Å². The quantitative estimate of drug-likeness (QED) is 0.868. The van der Waals surface area contributed by atoms with Gasteiger partial charge in [-0.1, -0.05) is 39.7 Å². The van der Waals surface area contributed by atoms with E-state index in [-0.39, 0.29) is 11.7 Å². The number of rotatable bonds is 4. The number of hydrogen-bond acceptors (Lipinski definition) is 1. The third kappa shape index (κ3) is 3.78. The first-order valence-electron chi connectivity index (χ1n) is 5.99. The van der Waals surface area contributed by atoms with E-state index in [1.807, 2.05) is 24.3 Å². The third-order valence-corrected chi connectivity index (χ3v) is 3.81. The minimum absolute atomic E-state index is 0.0745. The van der Waals surface area contributed by atoms with E-state index in [0.717, 1.165) is 10.0 Å². The highest BCUT2D eigenvalue weighted by atomic mass is 79.9. The highest BCUT2D eigenvalue weighted by Crippen LogP contribution is 2.25. The SMILES string of the molecule is NCC(Cc1cc(Cl)ccc1F)c1cccc(Br)c1. The van der Waals surface area contributed by atoms with Crippen molar-refractivity contribution >= 4 is 27.5 Å². The van der Waals surface area contributed by atoms with Gasteiger partial charge in [-0.05, 0) is 54.4 Å². The zero-order chi connectivity index (χ0) is 13.8. The maximum absolute atomic E-state index is 13.8. The first-order chi connectivity index (χ1) is 9.10. The van der Waals surface area contributed by atoms with Crippen LogP contribution in [-0.4, -0.2) is 6.54 Å². The van der Waals surface area contributed by atoms with Gasteiger partial charge in [-0.25, -0.2) is 4.39 Å². The van der Waals surface area contributed by atoms with Crippen LogP contribution in [0.15, 0.2) is 46.9 Å². The Labute approximate surface area is 125 Å². The van der Waals surface area contributed by atoms with Gasteiger partial charge < -0.3 is 5.73 Å². The summed E-state index contributed by atoms with van der Waals surface area (Å²) >= 11 is 9.34.